The zero-order valence-corrected chi connectivity index (χ0v) is 10.7. The van der Waals surface area contributed by atoms with Crippen LogP contribution in [0.1, 0.15) is 42.2 Å². The van der Waals surface area contributed by atoms with Crippen LogP contribution in [-0.4, -0.2) is 29.7 Å². The molecule has 4 heteroatoms. The maximum absolute atomic E-state index is 11.1. The first-order valence-corrected chi connectivity index (χ1v) is 5.97. The Balaban J connectivity index is 2.86. The molecule has 1 rings (SSSR count). The van der Waals surface area contributed by atoms with Crippen LogP contribution in [0.15, 0.2) is 12.3 Å². The lowest BCUT2D eigenvalue weighted by Gasteiger charge is -2.21. The van der Waals surface area contributed by atoms with Gasteiger partial charge in [0, 0.05) is 25.5 Å². The average molecular weight is 236 g/mol. The number of carbonyl (C=O) groups is 1. The van der Waals surface area contributed by atoms with Crippen molar-refractivity contribution in [3.63, 3.8) is 0 Å². The number of anilines is 1. The minimum Gasteiger partial charge on any atom is -0.478 e. The molecule has 0 saturated heterocycles. The van der Waals surface area contributed by atoms with Crippen molar-refractivity contribution in [1.29, 1.82) is 0 Å². The molecule has 0 aliphatic carbocycles. The van der Waals surface area contributed by atoms with E-state index in [2.05, 4.69) is 11.9 Å². The Hall–Kier alpha value is -1.58. The molecule has 0 fully saturated rings. The van der Waals surface area contributed by atoms with Gasteiger partial charge in [-0.05, 0) is 19.4 Å². The number of rotatable bonds is 6. The Morgan fingerprint density at radius 3 is 2.76 bits per heavy atom. The van der Waals surface area contributed by atoms with Gasteiger partial charge in [0.15, 0.2) is 0 Å². The molecule has 0 spiro atoms. The third-order valence-corrected chi connectivity index (χ3v) is 2.76. The molecule has 17 heavy (non-hydrogen) atoms. The van der Waals surface area contributed by atoms with Gasteiger partial charge < -0.3 is 10.0 Å². The van der Waals surface area contributed by atoms with Gasteiger partial charge in [-0.25, -0.2) is 4.79 Å². The summed E-state index contributed by atoms with van der Waals surface area (Å²) in [6, 6.07) is 1.83. The predicted molar refractivity (Wildman–Crippen MR) is 68.7 cm³/mol. The first kappa shape index (κ1) is 13.5. The smallest absolute Gasteiger partial charge is 0.339 e. The number of nitrogens with zero attached hydrogens (tertiary/aromatic N) is 2. The third-order valence-electron chi connectivity index (χ3n) is 2.76. The molecule has 0 radical (unpaired) electrons. The molecule has 0 amide bonds. The zero-order valence-electron chi connectivity index (χ0n) is 10.7. The molecule has 1 aromatic heterocycles. The molecule has 1 aromatic rings. The number of carboxylic acids is 1. The second kappa shape index (κ2) is 6.23. The second-order valence-electron chi connectivity index (χ2n) is 4.28. The first-order chi connectivity index (χ1) is 8.06. The lowest BCUT2D eigenvalue weighted by atomic mass is 10.1. The fourth-order valence-corrected chi connectivity index (χ4v) is 1.75. The Bertz CT molecular complexity index is 391. The molecular formula is C13H20N2O2. The summed E-state index contributed by atoms with van der Waals surface area (Å²) in [7, 11) is 1.93. The molecule has 0 atom stereocenters. The van der Waals surface area contributed by atoms with Gasteiger partial charge in [0.2, 0.25) is 0 Å². The van der Waals surface area contributed by atoms with E-state index < -0.39 is 5.97 Å². The maximum atomic E-state index is 11.1. The lowest BCUT2D eigenvalue weighted by Crippen LogP contribution is -2.21. The van der Waals surface area contributed by atoms with Gasteiger partial charge in [0.1, 0.15) is 5.56 Å². The molecular weight excluding hydrogens is 216 g/mol. The van der Waals surface area contributed by atoms with Crippen LogP contribution in [-0.2, 0) is 0 Å². The molecule has 0 saturated carbocycles. The molecule has 4 nitrogen and oxygen atoms in total. The van der Waals surface area contributed by atoms with Gasteiger partial charge in [-0.15, -0.1) is 0 Å². The van der Waals surface area contributed by atoms with E-state index in [1.807, 2.05) is 24.9 Å². The van der Waals surface area contributed by atoms with Gasteiger partial charge in [0.05, 0.1) is 5.69 Å². The Morgan fingerprint density at radius 2 is 2.18 bits per heavy atom. The van der Waals surface area contributed by atoms with Crippen molar-refractivity contribution in [1.82, 2.24) is 4.98 Å². The van der Waals surface area contributed by atoms with Crippen molar-refractivity contribution in [2.24, 2.45) is 0 Å². The minimum atomic E-state index is -0.921. The van der Waals surface area contributed by atoms with Crippen molar-refractivity contribution in [3.8, 4) is 0 Å². The van der Waals surface area contributed by atoms with Crippen molar-refractivity contribution in [3.05, 3.63) is 23.5 Å². The van der Waals surface area contributed by atoms with Crippen LogP contribution in [0.2, 0.25) is 0 Å². The first-order valence-electron chi connectivity index (χ1n) is 5.97. The molecule has 0 aliphatic rings. The molecule has 0 bridgehead atoms. The van der Waals surface area contributed by atoms with Crippen LogP contribution < -0.4 is 4.90 Å². The van der Waals surface area contributed by atoms with E-state index in [0.717, 1.165) is 37.2 Å². The molecule has 0 unspecified atom stereocenters. The van der Waals surface area contributed by atoms with Crippen LogP contribution in [0.3, 0.4) is 0 Å². The number of aryl methyl sites for hydroxylation is 1. The summed E-state index contributed by atoms with van der Waals surface area (Å²) in [5, 5.41) is 9.11. The van der Waals surface area contributed by atoms with Crippen molar-refractivity contribution >= 4 is 11.7 Å². The van der Waals surface area contributed by atoms with E-state index in [-0.39, 0.29) is 5.56 Å². The van der Waals surface area contributed by atoms with Crippen LogP contribution in [0.25, 0.3) is 0 Å². The Morgan fingerprint density at radius 1 is 1.47 bits per heavy atom. The number of hydrogen-bond acceptors (Lipinski definition) is 3. The summed E-state index contributed by atoms with van der Waals surface area (Å²) < 4.78 is 0. The standard InChI is InChI=1S/C13H20N2O2/c1-4-5-6-7-15(3)12-8-10(2)14-9-11(12)13(16)17/h8-9H,4-7H2,1-3H3,(H,16,17). The van der Waals surface area contributed by atoms with Crippen molar-refractivity contribution < 1.29 is 9.90 Å². The lowest BCUT2D eigenvalue weighted by molar-refractivity contribution is 0.0697. The van der Waals surface area contributed by atoms with Gasteiger partial charge in [-0.1, -0.05) is 19.8 Å². The van der Waals surface area contributed by atoms with Crippen molar-refractivity contribution in [2.45, 2.75) is 33.1 Å². The van der Waals surface area contributed by atoms with Crippen LogP contribution in [0, 0.1) is 6.92 Å². The van der Waals surface area contributed by atoms with Crippen molar-refractivity contribution in [2.75, 3.05) is 18.5 Å². The fraction of sp³-hybridized carbons (Fsp3) is 0.538. The number of pyridine rings is 1. The van der Waals surface area contributed by atoms with E-state index >= 15 is 0 Å². The normalized spacial score (nSPS) is 10.3. The van der Waals surface area contributed by atoms with E-state index in [9.17, 15) is 4.79 Å². The highest BCUT2D eigenvalue weighted by Gasteiger charge is 2.13. The van der Waals surface area contributed by atoms with E-state index in [1.165, 1.54) is 6.20 Å². The molecule has 1 heterocycles. The molecule has 94 valence electrons. The topological polar surface area (TPSA) is 53.4 Å². The third kappa shape index (κ3) is 3.73. The van der Waals surface area contributed by atoms with E-state index in [0.29, 0.717) is 0 Å². The van der Waals surface area contributed by atoms with Crippen LogP contribution >= 0.6 is 0 Å². The summed E-state index contributed by atoms with van der Waals surface area (Å²) in [6.07, 6.45) is 4.84. The molecule has 0 aliphatic heterocycles. The van der Waals surface area contributed by atoms with Gasteiger partial charge in [-0.3, -0.25) is 4.98 Å². The molecule has 1 N–H and O–H groups in total. The average Bonchev–Trinajstić information content (AvgIpc) is 2.28. The maximum Gasteiger partial charge on any atom is 0.339 e. The van der Waals surface area contributed by atoms with Gasteiger partial charge in [-0.2, -0.15) is 0 Å². The SMILES string of the molecule is CCCCCN(C)c1cc(C)ncc1C(=O)O. The summed E-state index contributed by atoms with van der Waals surface area (Å²) >= 11 is 0. The Labute approximate surface area is 102 Å². The Kier molecular flexibility index (Phi) is 4.94. The summed E-state index contributed by atoms with van der Waals surface area (Å²) in [5.41, 5.74) is 1.86. The molecule has 0 aromatic carbocycles. The summed E-state index contributed by atoms with van der Waals surface area (Å²) in [4.78, 5) is 17.1. The largest absolute Gasteiger partial charge is 0.478 e. The predicted octanol–water partition coefficient (Wildman–Crippen LogP) is 2.71. The highest BCUT2D eigenvalue weighted by molar-refractivity contribution is 5.94. The number of hydrogen-bond donors (Lipinski definition) is 1. The zero-order chi connectivity index (χ0) is 12.8. The second-order valence-corrected chi connectivity index (χ2v) is 4.28. The van der Waals surface area contributed by atoms with Gasteiger partial charge in [0.25, 0.3) is 0 Å². The summed E-state index contributed by atoms with van der Waals surface area (Å²) in [5.74, 6) is -0.921. The van der Waals surface area contributed by atoms with E-state index in [1.54, 1.807) is 0 Å². The fourth-order valence-electron chi connectivity index (χ4n) is 1.75. The monoisotopic (exact) mass is 236 g/mol. The number of carboxylic acid groups (broad SMARTS) is 1. The highest BCUT2D eigenvalue weighted by Crippen LogP contribution is 2.20. The van der Waals surface area contributed by atoms with Crippen LogP contribution in [0.4, 0.5) is 5.69 Å². The minimum absolute atomic E-state index is 0.273. The van der Waals surface area contributed by atoms with E-state index in [4.69, 9.17) is 5.11 Å². The number of aromatic nitrogens is 1. The van der Waals surface area contributed by atoms with Gasteiger partial charge >= 0.3 is 5.97 Å². The summed E-state index contributed by atoms with van der Waals surface area (Å²) in [6.45, 7) is 4.89. The van der Waals surface area contributed by atoms with Crippen LogP contribution in [0.5, 0.6) is 0 Å². The number of unbranched alkanes of at least 4 members (excludes halogenated alkanes) is 2. The quantitative estimate of drug-likeness (QED) is 0.772. The number of aromatic carboxylic acids is 1. The highest BCUT2D eigenvalue weighted by atomic mass is 16.4.